The fraction of sp³-hybridized carbons (Fsp3) is 0. The Kier molecular flexibility index (Phi) is 1.59. The number of halogens is 1. The van der Waals surface area contributed by atoms with Gasteiger partial charge in [0.1, 0.15) is 11.5 Å². The number of nitrogens with zero attached hydrogens (tertiary/aromatic N) is 2. The minimum absolute atomic E-state index is 0.458. The normalized spacial score (nSPS) is 10.4. The van der Waals surface area contributed by atoms with Crippen LogP contribution in [0.25, 0.3) is 10.9 Å². The summed E-state index contributed by atoms with van der Waals surface area (Å²) in [4.78, 5) is 7.88. The first-order valence-corrected chi connectivity index (χ1v) is 3.81. The molecule has 1 aromatic heterocycles. The zero-order chi connectivity index (χ0) is 8.55. The first-order valence-electron chi connectivity index (χ1n) is 3.43. The number of nitrogen functional groups attached to an aromatic ring is 1. The Labute approximate surface area is 74.2 Å². The summed E-state index contributed by atoms with van der Waals surface area (Å²) in [6, 6.07) is 5.35. The molecule has 0 radical (unpaired) electrons. The molecule has 1 heterocycles. The molecule has 0 spiro atoms. The third kappa shape index (κ3) is 1.08. The van der Waals surface area contributed by atoms with Gasteiger partial charge in [0.15, 0.2) is 0 Å². The van der Waals surface area contributed by atoms with Crippen LogP contribution < -0.4 is 5.73 Å². The van der Waals surface area contributed by atoms with Gasteiger partial charge in [-0.15, -0.1) is 0 Å². The Morgan fingerprint density at radius 2 is 2.08 bits per heavy atom. The zero-order valence-electron chi connectivity index (χ0n) is 6.16. The lowest BCUT2D eigenvalue weighted by Gasteiger charge is -1.98. The summed E-state index contributed by atoms with van der Waals surface area (Å²) >= 11 is 5.82. The largest absolute Gasteiger partial charge is 0.399 e. The van der Waals surface area contributed by atoms with Gasteiger partial charge in [0.2, 0.25) is 0 Å². The van der Waals surface area contributed by atoms with Crippen molar-refractivity contribution in [3.8, 4) is 0 Å². The van der Waals surface area contributed by atoms with E-state index in [4.69, 9.17) is 17.3 Å². The van der Waals surface area contributed by atoms with E-state index in [-0.39, 0.29) is 0 Å². The molecule has 3 nitrogen and oxygen atoms in total. The SMILES string of the molecule is Nc1ccc2c(Cl)ncnc2c1. The molecule has 2 rings (SSSR count). The molecule has 0 aliphatic rings. The van der Waals surface area contributed by atoms with Crippen LogP contribution in [-0.2, 0) is 0 Å². The minimum Gasteiger partial charge on any atom is -0.399 e. The molecule has 0 saturated heterocycles. The second kappa shape index (κ2) is 2.60. The zero-order valence-corrected chi connectivity index (χ0v) is 6.92. The topological polar surface area (TPSA) is 51.8 Å². The first-order chi connectivity index (χ1) is 5.77. The Hall–Kier alpha value is -1.35. The Balaban J connectivity index is 2.86. The number of rotatable bonds is 0. The van der Waals surface area contributed by atoms with Gasteiger partial charge >= 0.3 is 0 Å². The summed E-state index contributed by atoms with van der Waals surface area (Å²) in [6.45, 7) is 0. The van der Waals surface area contributed by atoms with Crippen molar-refractivity contribution >= 4 is 28.2 Å². The van der Waals surface area contributed by atoms with Crippen LogP contribution in [-0.4, -0.2) is 9.97 Å². The fourth-order valence-electron chi connectivity index (χ4n) is 1.04. The average Bonchev–Trinajstić information content (AvgIpc) is 2.04. The Bertz CT molecular complexity index is 428. The Morgan fingerprint density at radius 3 is 2.92 bits per heavy atom. The molecule has 4 heteroatoms. The van der Waals surface area contributed by atoms with Crippen molar-refractivity contribution in [1.82, 2.24) is 9.97 Å². The second-order valence-corrected chi connectivity index (χ2v) is 2.80. The van der Waals surface area contributed by atoms with Gasteiger partial charge in [-0.1, -0.05) is 11.6 Å². The molecule has 1 aromatic carbocycles. The average molecular weight is 180 g/mol. The fourth-order valence-corrected chi connectivity index (χ4v) is 1.24. The molecule has 0 atom stereocenters. The molecule has 0 amide bonds. The van der Waals surface area contributed by atoms with E-state index < -0.39 is 0 Å². The van der Waals surface area contributed by atoms with Gasteiger partial charge in [-0.2, -0.15) is 0 Å². The minimum atomic E-state index is 0.458. The molecular weight excluding hydrogens is 174 g/mol. The van der Waals surface area contributed by atoms with E-state index in [1.165, 1.54) is 6.33 Å². The van der Waals surface area contributed by atoms with Crippen molar-refractivity contribution in [3.63, 3.8) is 0 Å². The lowest BCUT2D eigenvalue weighted by atomic mass is 10.2. The van der Waals surface area contributed by atoms with E-state index >= 15 is 0 Å². The summed E-state index contributed by atoms with van der Waals surface area (Å²) < 4.78 is 0. The lowest BCUT2D eigenvalue weighted by molar-refractivity contribution is 1.22. The second-order valence-electron chi connectivity index (χ2n) is 2.44. The molecule has 0 unspecified atom stereocenters. The van der Waals surface area contributed by atoms with Gasteiger partial charge in [0.05, 0.1) is 5.52 Å². The molecule has 0 aliphatic carbocycles. The summed E-state index contributed by atoms with van der Waals surface area (Å²) in [5, 5.41) is 1.29. The van der Waals surface area contributed by atoms with E-state index in [0.29, 0.717) is 10.8 Å². The van der Waals surface area contributed by atoms with Gasteiger partial charge in [0.25, 0.3) is 0 Å². The van der Waals surface area contributed by atoms with Gasteiger partial charge < -0.3 is 5.73 Å². The number of benzene rings is 1. The smallest absolute Gasteiger partial charge is 0.140 e. The number of aromatic nitrogens is 2. The van der Waals surface area contributed by atoms with Crippen molar-refractivity contribution in [2.75, 3.05) is 5.73 Å². The van der Waals surface area contributed by atoms with Crippen LogP contribution in [0.2, 0.25) is 5.15 Å². The molecule has 0 saturated carbocycles. The van der Waals surface area contributed by atoms with Crippen molar-refractivity contribution in [3.05, 3.63) is 29.7 Å². The van der Waals surface area contributed by atoms with Crippen LogP contribution in [0.4, 0.5) is 5.69 Å². The maximum atomic E-state index is 5.82. The number of hydrogen-bond acceptors (Lipinski definition) is 3. The van der Waals surface area contributed by atoms with Gasteiger partial charge in [0, 0.05) is 11.1 Å². The molecule has 2 aromatic rings. The van der Waals surface area contributed by atoms with Crippen LogP contribution in [0.3, 0.4) is 0 Å². The summed E-state index contributed by atoms with van der Waals surface area (Å²) in [7, 11) is 0. The quantitative estimate of drug-likeness (QED) is 0.496. The van der Waals surface area contributed by atoms with E-state index in [9.17, 15) is 0 Å². The molecule has 2 N–H and O–H groups in total. The van der Waals surface area contributed by atoms with E-state index in [1.807, 2.05) is 6.07 Å². The molecule has 60 valence electrons. The number of nitrogens with two attached hydrogens (primary N) is 1. The van der Waals surface area contributed by atoms with Gasteiger partial charge in [-0.3, -0.25) is 0 Å². The summed E-state index contributed by atoms with van der Waals surface area (Å²) in [5.41, 5.74) is 7.02. The van der Waals surface area contributed by atoms with Crippen molar-refractivity contribution in [2.24, 2.45) is 0 Å². The van der Waals surface area contributed by atoms with Crippen LogP contribution in [0.1, 0.15) is 0 Å². The number of hydrogen-bond donors (Lipinski definition) is 1. The van der Waals surface area contributed by atoms with Gasteiger partial charge in [-0.05, 0) is 18.2 Å². The first kappa shape index (κ1) is 7.31. The predicted molar refractivity (Wildman–Crippen MR) is 49.0 cm³/mol. The standard InChI is InChI=1S/C8H6ClN3/c9-8-6-2-1-5(10)3-7(6)11-4-12-8/h1-4H,10H2. The third-order valence-corrected chi connectivity index (χ3v) is 1.91. The van der Waals surface area contributed by atoms with Crippen LogP contribution >= 0.6 is 11.6 Å². The van der Waals surface area contributed by atoms with Crippen molar-refractivity contribution in [2.45, 2.75) is 0 Å². The highest BCUT2D eigenvalue weighted by atomic mass is 35.5. The highest BCUT2D eigenvalue weighted by Crippen LogP contribution is 2.20. The number of anilines is 1. The van der Waals surface area contributed by atoms with Crippen LogP contribution in [0.15, 0.2) is 24.5 Å². The third-order valence-electron chi connectivity index (χ3n) is 1.61. The molecular formula is C8H6ClN3. The summed E-state index contributed by atoms with van der Waals surface area (Å²) in [6.07, 6.45) is 1.42. The van der Waals surface area contributed by atoms with Crippen molar-refractivity contribution < 1.29 is 0 Å². The van der Waals surface area contributed by atoms with E-state index in [1.54, 1.807) is 12.1 Å². The van der Waals surface area contributed by atoms with E-state index in [2.05, 4.69) is 9.97 Å². The highest BCUT2D eigenvalue weighted by Gasteiger charge is 1.99. The highest BCUT2D eigenvalue weighted by molar-refractivity contribution is 6.34. The molecule has 0 fully saturated rings. The van der Waals surface area contributed by atoms with Crippen LogP contribution in [0, 0.1) is 0 Å². The maximum absolute atomic E-state index is 5.82. The predicted octanol–water partition coefficient (Wildman–Crippen LogP) is 1.87. The lowest BCUT2D eigenvalue weighted by Crippen LogP contribution is -1.87. The van der Waals surface area contributed by atoms with Crippen molar-refractivity contribution in [1.29, 1.82) is 0 Å². The maximum Gasteiger partial charge on any atom is 0.140 e. The molecule has 0 bridgehead atoms. The van der Waals surface area contributed by atoms with Crippen LogP contribution in [0.5, 0.6) is 0 Å². The molecule has 0 aliphatic heterocycles. The molecule has 12 heavy (non-hydrogen) atoms. The summed E-state index contributed by atoms with van der Waals surface area (Å²) in [5.74, 6) is 0. The van der Waals surface area contributed by atoms with E-state index in [0.717, 1.165) is 10.9 Å². The monoisotopic (exact) mass is 179 g/mol. The Morgan fingerprint density at radius 1 is 1.25 bits per heavy atom. The van der Waals surface area contributed by atoms with Gasteiger partial charge in [-0.25, -0.2) is 9.97 Å². The number of fused-ring (bicyclic) bond motifs is 1.